The lowest BCUT2D eigenvalue weighted by Gasteiger charge is -2.14. The SMILES string of the molecule is Cc1cccc(OC(C)C(=O)NCc2nc(-c3ccccc3Cl)no2)c1. The van der Waals surface area contributed by atoms with Gasteiger partial charge in [-0.15, -0.1) is 0 Å². The van der Waals surface area contributed by atoms with Crippen LogP contribution in [0, 0.1) is 6.92 Å². The summed E-state index contributed by atoms with van der Waals surface area (Å²) >= 11 is 6.12. The van der Waals surface area contributed by atoms with Crippen molar-refractivity contribution in [2.24, 2.45) is 0 Å². The van der Waals surface area contributed by atoms with Crippen molar-refractivity contribution in [2.45, 2.75) is 26.5 Å². The zero-order chi connectivity index (χ0) is 18.5. The van der Waals surface area contributed by atoms with Crippen molar-refractivity contribution in [1.82, 2.24) is 15.5 Å². The Morgan fingerprint density at radius 3 is 2.85 bits per heavy atom. The van der Waals surface area contributed by atoms with Crippen LogP contribution in [0.3, 0.4) is 0 Å². The van der Waals surface area contributed by atoms with Crippen molar-refractivity contribution in [2.75, 3.05) is 0 Å². The summed E-state index contributed by atoms with van der Waals surface area (Å²) in [6.07, 6.45) is -0.650. The monoisotopic (exact) mass is 371 g/mol. The summed E-state index contributed by atoms with van der Waals surface area (Å²) in [4.78, 5) is 16.4. The minimum absolute atomic E-state index is 0.109. The molecule has 1 amide bonds. The van der Waals surface area contributed by atoms with Crippen molar-refractivity contribution in [3.05, 3.63) is 65.0 Å². The molecule has 7 heteroatoms. The molecule has 0 aliphatic carbocycles. The van der Waals surface area contributed by atoms with Crippen LogP contribution in [-0.2, 0) is 11.3 Å². The van der Waals surface area contributed by atoms with E-state index in [1.165, 1.54) is 0 Å². The van der Waals surface area contributed by atoms with Crippen LogP contribution >= 0.6 is 11.6 Å². The zero-order valence-electron chi connectivity index (χ0n) is 14.4. The fourth-order valence-corrected chi connectivity index (χ4v) is 2.55. The van der Waals surface area contributed by atoms with Gasteiger partial charge in [0.1, 0.15) is 5.75 Å². The summed E-state index contributed by atoms with van der Waals surface area (Å²) in [5.74, 6) is 1.04. The average molecular weight is 372 g/mol. The Balaban J connectivity index is 1.57. The van der Waals surface area contributed by atoms with E-state index in [9.17, 15) is 4.79 Å². The fraction of sp³-hybridized carbons (Fsp3) is 0.211. The van der Waals surface area contributed by atoms with Gasteiger partial charge in [-0.1, -0.05) is 41.0 Å². The van der Waals surface area contributed by atoms with E-state index in [0.717, 1.165) is 5.56 Å². The highest BCUT2D eigenvalue weighted by Crippen LogP contribution is 2.24. The molecule has 26 heavy (non-hydrogen) atoms. The first-order valence-electron chi connectivity index (χ1n) is 8.11. The number of hydrogen-bond donors (Lipinski definition) is 1. The van der Waals surface area contributed by atoms with Gasteiger partial charge in [0.25, 0.3) is 5.91 Å². The number of nitrogens with zero attached hydrogens (tertiary/aromatic N) is 2. The molecule has 2 aromatic carbocycles. The average Bonchev–Trinajstić information content (AvgIpc) is 3.09. The molecule has 0 bridgehead atoms. The Hall–Kier alpha value is -2.86. The second-order valence-electron chi connectivity index (χ2n) is 5.79. The number of amides is 1. The molecule has 3 aromatic rings. The van der Waals surface area contributed by atoms with Crippen molar-refractivity contribution in [3.63, 3.8) is 0 Å². The summed E-state index contributed by atoms with van der Waals surface area (Å²) in [6.45, 7) is 3.75. The van der Waals surface area contributed by atoms with Gasteiger partial charge in [0.05, 0.1) is 11.6 Å². The van der Waals surface area contributed by atoms with E-state index >= 15 is 0 Å². The Labute approximate surface area is 156 Å². The van der Waals surface area contributed by atoms with Gasteiger partial charge in [0.15, 0.2) is 6.10 Å². The number of halogens is 1. The number of hydrogen-bond acceptors (Lipinski definition) is 5. The third-order valence-electron chi connectivity index (χ3n) is 3.67. The molecule has 0 saturated heterocycles. The molecule has 0 spiro atoms. The van der Waals surface area contributed by atoms with Gasteiger partial charge < -0.3 is 14.6 Å². The van der Waals surface area contributed by atoms with Gasteiger partial charge in [-0.05, 0) is 43.7 Å². The second-order valence-corrected chi connectivity index (χ2v) is 6.19. The zero-order valence-corrected chi connectivity index (χ0v) is 15.2. The highest BCUT2D eigenvalue weighted by molar-refractivity contribution is 6.33. The van der Waals surface area contributed by atoms with Crippen molar-refractivity contribution in [3.8, 4) is 17.1 Å². The second kappa shape index (κ2) is 8.01. The number of ether oxygens (including phenoxy) is 1. The van der Waals surface area contributed by atoms with E-state index in [1.54, 1.807) is 19.1 Å². The van der Waals surface area contributed by atoms with E-state index in [-0.39, 0.29) is 18.3 Å². The molecular weight excluding hydrogens is 354 g/mol. The first-order valence-corrected chi connectivity index (χ1v) is 8.49. The molecule has 0 aliphatic rings. The summed E-state index contributed by atoms with van der Waals surface area (Å²) in [6, 6.07) is 14.7. The minimum Gasteiger partial charge on any atom is -0.481 e. The molecule has 1 aromatic heterocycles. The van der Waals surface area contributed by atoms with Crippen molar-refractivity contribution >= 4 is 17.5 Å². The third-order valence-corrected chi connectivity index (χ3v) is 4.00. The van der Waals surface area contributed by atoms with Gasteiger partial charge in [-0.3, -0.25) is 4.79 Å². The van der Waals surface area contributed by atoms with Crippen LogP contribution in [0.1, 0.15) is 18.4 Å². The lowest BCUT2D eigenvalue weighted by molar-refractivity contribution is -0.127. The number of carbonyl (C=O) groups is 1. The van der Waals surface area contributed by atoms with Gasteiger partial charge in [-0.25, -0.2) is 0 Å². The van der Waals surface area contributed by atoms with E-state index in [0.29, 0.717) is 22.2 Å². The standard InChI is InChI=1S/C19H18ClN3O3/c1-12-6-5-7-14(10-12)25-13(2)19(24)21-11-17-22-18(23-26-17)15-8-3-4-9-16(15)20/h3-10,13H,11H2,1-2H3,(H,21,24). The van der Waals surface area contributed by atoms with E-state index in [1.807, 2.05) is 43.3 Å². The Morgan fingerprint density at radius 2 is 2.08 bits per heavy atom. The van der Waals surface area contributed by atoms with E-state index < -0.39 is 6.10 Å². The molecule has 0 radical (unpaired) electrons. The molecular formula is C19H18ClN3O3. The predicted molar refractivity (Wildman–Crippen MR) is 97.9 cm³/mol. The molecule has 0 aliphatic heterocycles. The quantitative estimate of drug-likeness (QED) is 0.713. The Bertz CT molecular complexity index is 910. The Kier molecular flexibility index (Phi) is 5.53. The van der Waals surface area contributed by atoms with E-state index in [2.05, 4.69) is 15.5 Å². The smallest absolute Gasteiger partial charge is 0.261 e. The van der Waals surface area contributed by atoms with Crippen LogP contribution in [0.25, 0.3) is 11.4 Å². The number of rotatable bonds is 6. The molecule has 1 N–H and O–H groups in total. The lowest BCUT2D eigenvalue weighted by atomic mass is 10.2. The van der Waals surface area contributed by atoms with Crippen molar-refractivity contribution < 1.29 is 14.1 Å². The summed E-state index contributed by atoms with van der Waals surface area (Å²) in [5.41, 5.74) is 1.74. The van der Waals surface area contributed by atoms with Crippen molar-refractivity contribution in [1.29, 1.82) is 0 Å². The third kappa shape index (κ3) is 4.40. The van der Waals surface area contributed by atoms with Crippen LogP contribution in [0.2, 0.25) is 5.02 Å². The summed E-state index contributed by atoms with van der Waals surface area (Å²) in [5, 5.41) is 7.15. The van der Waals surface area contributed by atoms with Gasteiger partial charge >= 0.3 is 0 Å². The number of aryl methyl sites for hydroxylation is 1. The first kappa shape index (κ1) is 17.9. The minimum atomic E-state index is -0.650. The normalized spacial score (nSPS) is 11.8. The highest BCUT2D eigenvalue weighted by atomic mass is 35.5. The van der Waals surface area contributed by atoms with Gasteiger partial charge in [0.2, 0.25) is 11.7 Å². The molecule has 134 valence electrons. The molecule has 0 saturated carbocycles. The number of aromatic nitrogens is 2. The number of nitrogens with one attached hydrogen (secondary N) is 1. The summed E-state index contributed by atoms with van der Waals surface area (Å²) in [7, 11) is 0. The maximum absolute atomic E-state index is 12.2. The van der Waals surface area contributed by atoms with Gasteiger partial charge in [0, 0.05) is 5.56 Å². The Morgan fingerprint density at radius 1 is 1.27 bits per heavy atom. The number of benzene rings is 2. The molecule has 0 fully saturated rings. The molecule has 1 heterocycles. The van der Waals surface area contributed by atoms with Gasteiger partial charge in [-0.2, -0.15) is 4.98 Å². The summed E-state index contributed by atoms with van der Waals surface area (Å²) < 4.78 is 10.8. The maximum atomic E-state index is 12.2. The largest absolute Gasteiger partial charge is 0.481 e. The molecule has 1 atom stereocenters. The van der Waals surface area contributed by atoms with Crippen LogP contribution < -0.4 is 10.1 Å². The molecule has 3 rings (SSSR count). The maximum Gasteiger partial charge on any atom is 0.261 e. The van der Waals surface area contributed by atoms with Crippen LogP contribution in [-0.4, -0.2) is 22.2 Å². The molecule has 6 nitrogen and oxygen atoms in total. The van der Waals surface area contributed by atoms with Crippen LogP contribution in [0.5, 0.6) is 5.75 Å². The van der Waals surface area contributed by atoms with E-state index in [4.69, 9.17) is 20.9 Å². The lowest BCUT2D eigenvalue weighted by Crippen LogP contribution is -2.36. The fourth-order valence-electron chi connectivity index (χ4n) is 2.33. The topological polar surface area (TPSA) is 77.2 Å². The number of carbonyl (C=O) groups excluding carboxylic acids is 1. The predicted octanol–water partition coefficient (Wildman–Crippen LogP) is 3.78. The molecule has 1 unspecified atom stereocenters. The first-order chi connectivity index (χ1) is 12.5. The van der Waals surface area contributed by atoms with Crippen LogP contribution in [0.15, 0.2) is 53.1 Å². The highest BCUT2D eigenvalue weighted by Gasteiger charge is 2.17. The van der Waals surface area contributed by atoms with Crippen LogP contribution in [0.4, 0.5) is 0 Å².